The Hall–Kier alpha value is -3.61. The van der Waals surface area contributed by atoms with Gasteiger partial charge in [0.2, 0.25) is 0 Å². The molecular weight excluding hydrogens is 370 g/mol. The number of hydrogen-bond acceptors (Lipinski definition) is 5. The Kier molecular flexibility index (Phi) is 6.63. The summed E-state index contributed by atoms with van der Waals surface area (Å²) in [5.41, 5.74) is 1.57. The quantitative estimate of drug-likeness (QED) is 0.592. The number of rotatable bonds is 8. The summed E-state index contributed by atoms with van der Waals surface area (Å²) in [7, 11) is 0. The molecule has 1 aromatic heterocycles. The number of anilines is 1. The van der Waals surface area contributed by atoms with Crippen LogP contribution in [-0.4, -0.2) is 34.4 Å². The van der Waals surface area contributed by atoms with Crippen LogP contribution in [0.15, 0.2) is 66.7 Å². The van der Waals surface area contributed by atoms with Crippen molar-refractivity contribution < 1.29 is 19.1 Å². The van der Waals surface area contributed by atoms with Crippen molar-refractivity contribution in [2.75, 3.05) is 11.9 Å². The molecular formula is C22H23N3O4. The first kappa shape index (κ1) is 20.1. The topological polar surface area (TPSA) is 82.4 Å². The van der Waals surface area contributed by atoms with E-state index in [4.69, 9.17) is 9.47 Å². The van der Waals surface area contributed by atoms with Gasteiger partial charge in [-0.2, -0.15) is 5.10 Å². The van der Waals surface area contributed by atoms with Crippen LogP contribution in [0.25, 0.3) is 5.69 Å². The molecule has 3 aromatic rings. The Bertz CT molecular complexity index is 955. The zero-order valence-corrected chi connectivity index (χ0v) is 16.4. The largest absolute Gasteiger partial charge is 0.479 e. The van der Waals surface area contributed by atoms with Gasteiger partial charge in [-0.3, -0.25) is 4.79 Å². The van der Waals surface area contributed by atoms with E-state index in [1.165, 1.54) is 0 Å². The molecule has 0 fully saturated rings. The molecule has 3 rings (SSSR count). The normalized spacial score (nSPS) is 11.5. The molecule has 7 heteroatoms. The van der Waals surface area contributed by atoms with Crippen molar-refractivity contribution in [3.05, 3.63) is 72.4 Å². The number of nitrogens with zero attached hydrogens (tertiary/aromatic N) is 2. The molecule has 150 valence electrons. The Balaban J connectivity index is 1.58. The van der Waals surface area contributed by atoms with E-state index in [1.54, 1.807) is 22.9 Å². The number of carbonyl (C=O) groups excluding carboxylic acids is 2. The highest BCUT2D eigenvalue weighted by Crippen LogP contribution is 2.17. The van der Waals surface area contributed by atoms with Crippen LogP contribution in [0.2, 0.25) is 0 Å². The van der Waals surface area contributed by atoms with Crippen molar-refractivity contribution in [1.82, 2.24) is 9.78 Å². The van der Waals surface area contributed by atoms with E-state index in [0.29, 0.717) is 18.0 Å². The van der Waals surface area contributed by atoms with Gasteiger partial charge in [0.15, 0.2) is 12.7 Å². The fourth-order valence-corrected chi connectivity index (χ4v) is 2.72. The highest BCUT2D eigenvalue weighted by molar-refractivity contribution is 5.92. The molecule has 0 radical (unpaired) electrons. The van der Waals surface area contributed by atoms with Crippen LogP contribution in [0.4, 0.5) is 5.82 Å². The average Bonchev–Trinajstić information content (AvgIpc) is 3.11. The summed E-state index contributed by atoms with van der Waals surface area (Å²) < 4.78 is 12.4. The number of esters is 1. The van der Waals surface area contributed by atoms with E-state index >= 15 is 0 Å². The van der Waals surface area contributed by atoms with Gasteiger partial charge >= 0.3 is 5.97 Å². The van der Waals surface area contributed by atoms with Gasteiger partial charge in [0.25, 0.3) is 5.91 Å². The minimum atomic E-state index is -0.776. The molecule has 0 aliphatic rings. The number of para-hydroxylation sites is 2. The molecule has 1 atom stereocenters. The molecule has 0 aliphatic carbocycles. The van der Waals surface area contributed by atoms with Gasteiger partial charge in [0, 0.05) is 6.07 Å². The minimum Gasteiger partial charge on any atom is -0.479 e. The summed E-state index contributed by atoms with van der Waals surface area (Å²) in [5.74, 6) is 0.0366. The van der Waals surface area contributed by atoms with Crippen molar-refractivity contribution in [3.63, 3.8) is 0 Å². The maximum absolute atomic E-state index is 12.3. The molecule has 29 heavy (non-hydrogen) atoms. The molecule has 2 aromatic carbocycles. The summed E-state index contributed by atoms with van der Waals surface area (Å²) in [6.07, 6.45) is -0.350. The van der Waals surface area contributed by atoms with Crippen LogP contribution < -0.4 is 10.1 Å². The first-order valence-corrected chi connectivity index (χ1v) is 9.37. The van der Waals surface area contributed by atoms with E-state index in [0.717, 1.165) is 11.4 Å². The molecule has 1 N–H and O–H groups in total. The summed E-state index contributed by atoms with van der Waals surface area (Å²) in [5, 5.41) is 7.13. The summed E-state index contributed by atoms with van der Waals surface area (Å²) in [6.45, 7) is 3.24. The molecule has 0 spiro atoms. The number of ether oxygens (including phenoxy) is 2. The third-order valence-electron chi connectivity index (χ3n) is 4.10. The number of amides is 1. The number of benzene rings is 2. The van der Waals surface area contributed by atoms with Gasteiger partial charge in [-0.05, 0) is 37.6 Å². The Morgan fingerprint density at radius 2 is 1.72 bits per heavy atom. The summed E-state index contributed by atoms with van der Waals surface area (Å²) >= 11 is 0. The lowest BCUT2D eigenvalue weighted by Gasteiger charge is -2.16. The van der Waals surface area contributed by atoms with Crippen LogP contribution in [0, 0.1) is 6.92 Å². The van der Waals surface area contributed by atoms with Gasteiger partial charge in [-0.15, -0.1) is 0 Å². The van der Waals surface area contributed by atoms with Gasteiger partial charge < -0.3 is 14.8 Å². The predicted molar refractivity (Wildman–Crippen MR) is 109 cm³/mol. The van der Waals surface area contributed by atoms with E-state index in [1.807, 2.05) is 62.4 Å². The average molecular weight is 393 g/mol. The number of aryl methyl sites for hydroxylation is 1. The van der Waals surface area contributed by atoms with Crippen LogP contribution in [0.3, 0.4) is 0 Å². The molecule has 1 amide bonds. The van der Waals surface area contributed by atoms with Gasteiger partial charge in [-0.25, -0.2) is 9.48 Å². The Morgan fingerprint density at radius 1 is 1.07 bits per heavy atom. The monoisotopic (exact) mass is 393 g/mol. The van der Waals surface area contributed by atoms with E-state index in [-0.39, 0.29) is 0 Å². The van der Waals surface area contributed by atoms with Gasteiger partial charge in [0.1, 0.15) is 11.6 Å². The highest BCUT2D eigenvalue weighted by Gasteiger charge is 2.21. The van der Waals surface area contributed by atoms with Crippen molar-refractivity contribution in [3.8, 4) is 11.4 Å². The summed E-state index contributed by atoms with van der Waals surface area (Å²) in [4.78, 5) is 24.6. The van der Waals surface area contributed by atoms with Crippen molar-refractivity contribution >= 4 is 17.7 Å². The Morgan fingerprint density at radius 3 is 2.38 bits per heavy atom. The van der Waals surface area contributed by atoms with Crippen LogP contribution >= 0.6 is 0 Å². The standard InChI is InChI=1S/C22H23N3O4/c1-3-19(29-18-12-8-5-9-13-18)22(27)28-15-21(26)23-20-14-16(2)24-25(20)17-10-6-4-7-11-17/h4-14,19H,3,15H2,1-2H3,(H,23,26)/t19-/m1/s1. The number of hydrogen-bond donors (Lipinski definition) is 1. The van der Waals surface area contributed by atoms with Crippen LogP contribution in [0.5, 0.6) is 5.75 Å². The molecule has 0 aliphatic heterocycles. The first-order valence-electron chi connectivity index (χ1n) is 9.37. The third-order valence-corrected chi connectivity index (χ3v) is 4.10. The zero-order valence-electron chi connectivity index (χ0n) is 16.4. The fraction of sp³-hybridized carbons (Fsp3) is 0.227. The molecule has 1 heterocycles. The van der Waals surface area contributed by atoms with E-state index in [2.05, 4.69) is 10.4 Å². The van der Waals surface area contributed by atoms with Crippen LogP contribution in [0.1, 0.15) is 19.0 Å². The van der Waals surface area contributed by atoms with Gasteiger partial charge in [-0.1, -0.05) is 43.3 Å². The van der Waals surface area contributed by atoms with Crippen molar-refractivity contribution in [2.24, 2.45) is 0 Å². The second-order valence-electron chi connectivity index (χ2n) is 6.40. The Labute approximate surface area is 169 Å². The smallest absolute Gasteiger partial charge is 0.347 e. The molecule has 0 unspecified atom stereocenters. The SMILES string of the molecule is CC[C@@H](Oc1ccccc1)C(=O)OCC(=O)Nc1cc(C)nn1-c1ccccc1. The number of carbonyl (C=O) groups is 2. The third kappa shape index (κ3) is 5.44. The number of aromatic nitrogens is 2. The number of nitrogens with one attached hydrogen (secondary N) is 1. The highest BCUT2D eigenvalue weighted by atomic mass is 16.6. The lowest BCUT2D eigenvalue weighted by Crippen LogP contribution is -2.31. The van der Waals surface area contributed by atoms with E-state index < -0.39 is 24.6 Å². The van der Waals surface area contributed by atoms with Crippen molar-refractivity contribution in [1.29, 1.82) is 0 Å². The fourth-order valence-electron chi connectivity index (χ4n) is 2.72. The minimum absolute atomic E-state index is 0.410. The predicted octanol–water partition coefficient (Wildman–Crippen LogP) is 3.52. The molecule has 0 saturated carbocycles. The zero-order chi connectivity index (χ0) is 20.6. The summed E-state index contributed by atoms with van der Waals surface area (Å²) in [6, 6.07) is 20.2. The molecule has 0 bridgehead atoms. The maximum atomic E-state index is 12.3. The van der Waals surface area contributed by atoms with Crippen LogP contribution in [-0.2, 0) is 14.3 Å². The lowest BCUT2D eigenvalue weighted by atomic mass is 10.2. The second-order valence-corrected chi connectivity index (χ2v) is 6.40. The lowest BCUT2D eigenvalue weighted by molar-refractivity contribution is -0.154. The second kappa shape index (κ2) is 9.54. The first-order chi connectivity index (χ1) is 14.1. The molecule has 7 nitrogen and oxygen atoms in total. The maximum Gasteiger partial charge on any atom is 0.347 e. The van der Waals surface area contributed by atoms with Gasteiger partial charge in [0.05, 0.1) is 11.4 Å². The van der Waals surface area contributed by atoms with Crippen molar-refractivity contribution in [2.45, 2.75) is 26.4 Å². The molecule has 0 saturated heterocycles. The van der Waals surface area contributed by atoms with E-state index in [9.17, 15) is 9.59 Å².